The van der Waals surface area contributed by atoms with Crippen LogP contribution in [-0.4, -0.2) is 39.2 Å². The van der Waals surface area contributed by atoms with E-state index in [0.717, 1.165) is 39.3 Å². The highest BCUT2D eigenvalue weighted by Gasteiger charge is 2.40. The van der Waals surface area contributed by atoms with Gasteiger partial charge < -0.3 is 14.2 Å². The molecule has 0 aromatic heterocycles. The second-order valence-electron chi connectivity index (χ2n) is 9.98. The molecule has 0 fully saturated rings. The summed E-state index contributed by atoms with van der Waals surface area (Å²) in [5.74, 6) is -0.663. The summed E-state index contributed by atoms with van der Waals surface area (Å²) in [7, 11) is 4.07. The lowest BCUT2D eigenvalue weighted by Gasteiger charge is -2.14. The van der Waals surface area contributed by atoms with Crippen LogP contribution < -0.4 is 0 Å². The van der Waals surface area contributed by atoms with E-state index in [1.165, 1.54) is 21.3 Å². The monoisotopic (exact) mass is 567 g/mol. The van der Waals surface area contributed by atoms with Gasteiger partial charge in [0.2, 0.25) is 0 Å². The molecule has 6 nitrogen and oxygen atoms in total. The molecule has 0 aromatic carbocycles. The summed E-state index contributed by atoms with van der Waals surface area (Å²) in [5, 5.41) is 0. The largest absolute Gasteiger partial charge is 0.465 e. The molecule has 210 valence electrons. The second-order valence-corrected chi connectivity index (χ2v) is 9.98. The molecule has 6 rings (SSSR count). The fraction of sp³-hybridized carbons (Fsp3) is 0.0811. The minimum atomic E-state index is -0.468. The fourth-order valence-electron chi connectivity index (χ4n) is 5.84. The van der Waals surface area contributed by atoms with Crippen molar-refractivity contribution in [3.63, 3.8) is 0 Å². The third kappa shape index (κ3) is 4.63. The van der Waals surface area contributed by atoms with Crippen molar-refractivity contribution >= 4 is 17.9 Å². The number of hydrogen-bond donors (Lipinski definition) is 0. The number of carbonyl (C=O) groups is 3. The molecule has 0 amide bonds. The SMILES string of the molecule is COC(=O)c1cc([C+](c2cc(C(=O)OC)c3cccccc2-3)c2cc(C(=O)OC)c3cccccc2-3)c2cccccc1-2. The van der Waals surface area contributed by atoms with Crippen LogP contribution in [0.15, 0.2) is 109 Å². The van der Waals surface area contributed by atoms with Gasteiger partial charge in [0.1, 0.15) is 0 Å². The zero-order valence-electron chi connectivity index (χ0n) is 23.8. The lowest BCUT2D eigenvalue weighted by atomic mass is 9.82. The first kappa shape index (κ1) is 27.5. The predicted octanol–water partition coefficient (Wildman–Crippen LogP) is 7.38. The van der Waals surface area contributed by atoms with Crippen molar-refractivity contribution in [3.8, 4) is 33.4 Å². The van der Waals surface area contributed by atoms with Gasteiger partial charge in [-0.2, -0.15) is 0 Å². The summed E-state index contributed by atoms with van der Waals surface area (Å²) in [6.45, 7) is 0. The van der Waals surface area contributed by atoms with E-state index in [-0.39, 0.29) is 0 Å². The van der Waals surface area contributed by atoms with E-state index in [1.54, 1.807) is 0 Å². The van der Waals surface area contributed by atoms with Crippen LogP contribution in [-0.2, 0) is 14.2 Å². The average Bonchev–Trinajstić information content (AvgIpc) is 3.40. The van der Waals surface area contributed by atoms with E-state index in [9.17, 15) is 14.4 Å². The summed E-state index contributed by atoms with van der Waals surface area (Å²) < 4.78 is 15.5. The number of rotatable bonds is 6. The first-order valence-electron chi connectivity index (χ1n) is 13.7. The van der Waals surface area contributed by atoms with E-state index in [4.69, 9.17) is 14.2 Å². The molecule has 0 spiro atoms. The molecule has 0 N–H and O–H groups in total. The van der Waals surface area contributed by atoms with Crippen molar-refractivity contribution in [2.24, 2.45) is 0 Å². The first-order valence-corrected chi connectivity index (χ1v) is 13.7. The summed E-state index contributed by atoms with van der Waals surface area (Å²) in [6.07, 6.45) is 0. The Morgan fingerprint density at radius 1 is 0.419 bits per heavy atom. The molecule has 0 aliphatic heterocycles. The number of esters is 3. The Balaban J connectivity index is 1.75. The maximum Gasteiger partial charge on any atom is 0.344 e. The third-order valence-corrected chi connectivity index (χ3v) is 7.75. The van der Waals surface area contributed by atoms with Crippen LogP contribution in [0.4, 0.5) is 0 Å². The highest BCUT2D eigenvalue weighted by Crippen LogP contribution is 2.50. The lowest BCUT2D eigenvalue weighted by Crippen LogP contribution is -2.05. The highest BCUT2D eigenvalue weighted by atomic mass is 16.5. The van der Waals surface area contributed by atoms with E-state index in [1.807, 2.05) is 109 Å². The van der Waals surface area contributed by atoms with Crippen LogP contribution in [0, 0.1) is 5.92 Å². The van der Waals surface area contributed by atoms with E-state index >= 15 is 0 Å². The Labute approximate surface area is 249 Å². The first-order chi connectivity index (χ1) is 21.0. The van der Waals surface area contributed by atoms with Gasteiger partial charge in [-0.15, -0.1) is 0 Å². The van der Waals surface area contributed by atoms with Gasteiger partial charge in [-0.05, 0) is 36.4 Å². The van der Waals surface area contributed by atoms with E-state index in [2.05, 4.69) is 0 Å². The van der Waals surface area contributed by atoms with Crippen LogP contribution in [0.3, 0.4) is 0 Å². The second kappa shape index (κ2) is 11.3. The minimum Gasteiger partial charge on any atom is -0.465 e. The van der Waals surface area contributed by atoms with Gasteiger partial charge in [0.15, 0.2) is 0 Å². The van der Waals surface area contributed by atoms with Crippen LogP contribution in [0.5, 0.6) is 0 Å². The van der Waals surface area contributed by atoms with Crippen molar-refractivity contribution in [1.29, 1.82) is 0 Å². The Bertz CT molecular complexity index is 1680. The predicted molar refractivity (Wildman–Crippen MR) is 164 cm³/mol. The molecular formula is C37H27O6+. The normalized spacial score (nSPS) is 11.0. The lowest BCUT2D eigenvalue weighted by molar-refractivity contribution is 0.0593. The van der Waals surface area contributed by atoms with Gasteiger partial charge in [0.05, 0.1) is 60.6 Å². The average molecular weight is 568 g/mol. The van der Waals surface area contributed by atoms with Crippen molar-refractivity contribution in [2.75, 3.05) is 21.3 Å². The van der Waals surface area contributed by atoms with Gasteiger partial charge >= 0.3 is 17.9 Å². The third-order valence-electron chi connectivity index (χ3n) is 7.75. The summed E-state index contributed by atoms with van der Waals surface area (Å²) in [4.78, 5) is 39.2. The highest BCUT2D eigenvalue weighted by molar-refractivity contribution is 6.06. The van der Waals surface area contributed by atoms with Crippen molar-refractivity contribution < 1.29 is 28.6 Å². The number of methoxy groups -OCH3 is 3. The number of fused-ring (bicyclic) bond motifs is 3. The van der Waals surface area contributed by atoms with Crippen molar-refractivity contribution in [2.45, 2.75) is 0 Å². The zero-order chi connectivity index (χ0) is 30.1. The molecule has 0 saturated heterocycles. The standard InChI is InChI=1S/C37H27O6/c1-41-35(38)31-19-28(22-13-7-4-10-16-25(22)31)34(29-20-32(36(39)42-2)26-17-11-5-8-14-23(26)29)30-21-33(37(40)43-3)27-18-12-6-9-15-24(27)30/h4-21H,1-3H3/q+1. The smallest absolute Gasteiger partial charge is 0.344 e. The van der Waals surface area contributed by atoms with Crippen LogP contribution in [0.2, 0.25) is 0 Å². The zero-order valence-corrected chi connectivity index (χ0v) is 23.8. The fourth-order valence-corrected chi connectivity index (χ4v) is 5.84. The molecule has 0 atom stereocenters. The summed E-state index contributed by atoms with van der Waals surface area (Å²) in [6, 6.07) is 34.0. The Kier molecular flexibility index (Phi) is 7.26. The van der Waals surface area contributed by atoms with Gasteiger partial charge in [-0.3, -0.25) is 0 Å². The van der Waals surface area contributed by atoms with Crippen LogP contribution >= 0.6 is 0 Å². The number of ether oxygens (including phenoxy) is 3. The summed E-state index contributed by atoms with van der Waals surface area (Å²) in [5.41, 5.74) is 8.04. The van der Waals surface area contributed by atoms with Crippen molar-refractivity contribution in [1.82, 2.24) is 0 Å². The molecule has 6 heteroatoms. The molecule has 0 unspecified atom stereocenters. The maximum absolute atomic E-state index is 13.1. The van der Waals surface area contributed by atoms with Crippen LogP contribution in [0.1, 0.15) is 47.8 Å². The topological polar surface area (TPSA) is 78.9 Å². The Morgan fingerprint density at radius 2 is 0.674 bits per heavy atom. The molecular weight excluding hydrogens is 540 g/mol. The molecule has 0 saturated carbocycles. The Morgan fingerprint density at radius 3 is 0.930 bits per heavy atom. The van der Waals surface area contributed by atoms with Crippen molar-refractivity contribution in [3.05, 3.63) is 148 Å². The van der Waals surface area contributed by atoms with E-state index in [0.29, 0.717) is 33.4 Å². The Hall–Kier alpha value is -5.62. The molecule has 0 radical (unpaired) electrons. The molecule has 43 heavy (non-hydrogen) atoms. The van der Waals surface area contributed by atoms with Crippen LogP contribution in [0.25, 0.3) is 33.4 Å². The molecule has 0 heterocycles. The van der Waals surface area contributed by atoms with E-state index < -0.39 is 17.9 Å². The van der Waals surface area contributed by atoms with Gasteiger partial charge in [-0.25, -0.2) is 14.4 Å². The minimum absolute atomic E-state index is 0.408. The van der Waals surface area contributed by atoms with Gasteiger partial charge in [0.25, 0.3) is 0 Å². The number of carbonyl (C=O) groups excluding carboxylic acids is 3. The molecule has 0 aromatic rings. The summed E-state index contributed by atoms with van der Waals surface area (Å²) >= 11 is 0. The van der Waals surface area contributed by atoms with Gasteiger partial charge in [0, 0.05) is 51.6 Å². The molecule has 6 aliphatic carbocycles. The molecule has 0 bridgehead atoms. The quantitative estimate of drug-likeness (QED) is 0.119. The van der Waals surface area contributed by atoms with Gasteiger partial charge in [-0.1, -0.05) is 54.6 Å². The number of hydrogen-bond acceptors (Lipinski definition) is 6. The molecule has 6 aliphatic rings. The maximum atomic E-state index is 13.1.